The largest absolute Gasteiger partial charge is 0.452 e. The normalized spacial score (nSPS) is 16.3. The standard InChI is InChI=1S/C43H34BN3OSi/c1-49(2,3)32-26-27-34-37(28-32)45(29-16-7-4-8-17-29)35-23-15-24-36-39(35)44(34)43-41(46(36)30-18-9-5-10-19-30)42-40(33-22-13-14-25-38(33)48-42)47(43)31-20-11-6-12-21-31/h4-28H,1-3H3/i4D,5D,7D,8D,9D,10D,16D,17D,18D,19D. The molecular formula is C43H34BN3OSi. The minimum Gasteiger partial charge on any atom is -0.452 e. The number of rotatable bonds is 4. The molecule has 2 aromatic heterocycles. The molecule has 0 radical (unpaired) electrons. The lowest BCUT2D eigenvalue weighted by molar-refractivity contribution is 0.670. The van der Waals surface area contributed by atoms with E-state index in [1.807, 2.05) is 66.7 Å². The molecule has 234 valence electrons. The Morgan fingerprint density at radius 1 is 0.633 bits per heavy atom. The molecule has 0 spiro atoms. The molecule has 0 atom stereocenters. The highest BCUT2D eigenvalue weighted by Gasteiger charge is 2.47. The number of anilines is 6. The molecule has 0 saturated carbocycles. The van der Waals surface area contributed by atoms with Crippen LogP contribution in [-0.4, -0.2) is 19.4 Å². The molecule has 0 unspecified atom stereocenters. The minimum absolute atomic E-state index is 0.0184. The van der Waals surface area contributed by atoms with Crippen LogP contribution in [0.25, 0.3) is 27.8 Å². The summed E-state index contributed by atoms with van der Waals surface area (Å²) in [5.74, 6) is 0. The van der Waals surface area contributed by atoms with E-state index in [1.165, 1.54) is 0 Å². The van der Waals surface area contributed by atoms with E-state index in [-0.39, 0.29) is 23.5 Å². The van der Waals surface area contributed by atoms with Crippen molar-refractivity contribution in [1.82, 2.24) is 4.57 Å². The fraction of sp³-hybridized carbons (Fsp3) is 0.0698. The van der Waals surface area contributed by atoms with Crippen molar-refractivity contribution in [3.63, 3.8) is 0 Å². The Balaban J connectivity index is 1.44. The third-order valence-corrected chi connectivity index (χ3v) is 11.7. The Hall–Kier alpha value is -5.72. The predicted octanol–water partition coefficient (Wildman–Crippen LogP) is 9.00. The van der Waals surface area contributed by atoms with Crippen molar-refractivity contribution in [2.75, 3.05) is 9.80 Å². The van der Waals surface area contributed by atoms with Gasteiger partial charge in [0, 0.05) is 45.1 Å². The Morgan fingerprint density at radius 2 is 1.29 bits per heavy atom. The lowest BCUT2D eigenvalue weighted by atomic mass is 9.35. The average Bonchev–Trinajstić information content (AvgIpc) is 3.77. The molecule has 0 amide bonds. The van der Waals surface area contributed by atoms with Crippen molar-refractivity contribution in [2.45, 2.75) is 19.6 Å². The quantitative estimate of drug-likeness (QED) is 0.177. The van der Waals surface area contributed by atoms with E-state index in [9.17, 15) is 5.48 Å². The second-order valence-electron chi connectivity index (χ2n) is 13.5. The van der Waals surface area contributed by atoms with Crippen molar-refractivity contribution in [3.8, 4) is 5.69 Å². The average molecular weight is 658 g/mol. The summed E-state index contributed by atoms with van der Waals surface area (Å²) >= 11 is 0. The monoisotopic (exact) mass is 657 g/mol. The molecule has 10 rings (SSSR count). The molecule has 0 bridgehead atoms. The van der Waals surface area contributed by atoms with Crippen LogP contribution >= 0.6 is 0 Å². The molecule has 0 aliphatic carbocycles. The minimum atomic E-state index is -2.01. The van der Waals surface area contributed by atoms with Crippen LogP contribution in [0.1, 0.15) is 13.7 Å². The van der Waals surface area contributed by atoms with Gasteiger partial charge >= 0.3 is 0 Å². The summed E-state index contributed by atoms with van der Waals surface area (Å²) in [6.07, 6.45) is 0. The maximum absolute atomic E-state index is 9.33. The van der Waals surface area contributed by atoms with Gasteiger partial charge in [-0.2, -0.15) is 0 Å². The highest BCUT2D eigenvalue weighted by atomic mass is 28.3. The summed E-state index contributed by atoms with van der Waals surface area (Å²) in [6.45, 7) is 6.12. The van der Waals surface area contributed by atoms with Gasteiger partial charge in [0.25, 0.3) is 6.71 Å². The molecule has 2 aliphatic rings. The lowest BCUT2D eigenvalue weighted by Gasteiger charge is -2.43. The Bertz CT molecular complexity index is 3090. The molecule has 6 heteroatoms. The van der Waals surface area contributed by atoms with Gasteiger partial charge in [-0.05, 0) is 77.6 Å². The van der Waals surface area contributed by atoms with E-state index in [1.54, 1.807) is 15.9 Å². The van der Waals surface area contributed by atoms with Crippen LogP contribution in [0.5, 0.6) is 0 Å². The number of para-hydroxylation sites is 4. The maximum atomic E-state index is 9.33. The molecule has 2 aliphatic heterocycles. The predicted molar refractivity (Wildman–Crippen MR) is 210 cm³/mol. The van der Waals surface area contributed by atoms with Crippen LogP contribution < -0.4 is 31.5 Å². The fourth-order valence-electron chi connectivity index (χ4n) is 7.63. The van der Waals surface area contributed by atoms with Crippen LogP contribution in [0.2, 0.25) is 19.6 Å². The van der Waals surface area contributed by atoms with Gasteiger partial charge in [0.1, 0.15) is 16.8 Å². The van der Waals surface area contributed by atoms with E-state index in [4.69, 9.17) is 12.6 Å². The summed E-state index contributed by atoms with van der Waals surface area (Å²) < 4.78 is 98.1. The second-order valence-corrected chi connectivity index (χ2v) is 18.5. The van der Waals surface area contributed by atoms with Crippen LogP contribution in [0, 0.1) is 0 Å². The van der Waals surface area contributed by atoms with E-state index >= 15 is 0 Å². The number of hydrogen-bond acceptors (Lipinski definition) is 3. The van der Waals surface area contributed by atoms with Crippen molar-refractivity contribution < 1.29 is 18.1 Å². The first kappa shape index (κ1) is 19.9. The van der Waals surface area contributed by atoms with Crippen LogP contribution in [-0.2, 0) is 0 Å². The topological polar surface area (TPSA) is 24.6 Å². The molecule has 49 heavy (non-hydrogen) atoms. The Labute approximate surface area is 301 Å². The molecule has 6 aromatic carbocycles. The summed E-state index contributed by atoms with van der Waals surface area (Å²) in [6, 6.07) is 24.8. The van der Waals surface area contributed by atoms with Gasteiger partial charge in [-0.3, -0.25) is 0 Å². The molecule has 0 saturated heterocycles. The van der Waals surface area contributed by atoms with Gasteiger partial charge in [0.2, 0.25) is 0 Å². The van der Waals surface area contributed by atoms with Crippen molar-refractivity contribution in [3.05, 3.63) is 151 Å². The van der Waals surface area contributed by atoms with Crippen molar-refractivity contribution in [2.24, 2.45) is 0 Å². The maximum Gasteiger partial charge on any atom is 0.273 e. The molecule has 4 nitrogen and oxygen atoms in total. The molecule has 8 aromatic rings. The van der Waals surface area contributed by atoms with Gasteiger partial charge in [-0.1, -0.05) is 110 Å². The molecule has 0 fully saturated rings. The Kier molecular flexibility index (Phi) is 4.23. The lowest BCUT2D eigenvalue weighted by Crippen LogP contribution is -2.63. The van der Waals surface area contributed by atoms with Crippen LogP contribution in [0.4, 0.5) is 34.1 Å². The third-order valence-electron chi connectivity index (χ3n) is 9.70. The van der Waals surface area contributed by atoms with Gasteiger partial charge in [0.05, 0.1) is 21.8 Å². The highest BCUT2D eigenvalue weighted by molar-refractivity contribution is 7.00. The number of hydrogen-bond donors (Lipinski definition) is 0. The van der Waals surface area contributed by atoms with Crippen LogP contribution in [0.3, 0.4) is 0 Å². The summed E-state index contributed by atoms with van der Waals surface area (Å²) in [7, 11) is -2.01. The number of fused-ring (bicyclic) bond motifs is 8. The summed E-state index contributed by atoms with van der Waals surface area (Å²) in [5, 5.41) is 1.92. The van der Waals surface area contributed by atoms with Gasteiger partial charge in [0.15, 0.2) is 5.58 Å². The zero-order valence-electron chi connectivity index (χ0n) is 37.0. The summed E-state index contributed by atoms with van der Waals surface area (Å²) in [5.41, 5.74) is 6.86. The summed E-state index contributed by atoms with van der Waals surface area (Å²) in [4.78, 5) is 3.46. The smallest absolute Gasteiger partial charge is 0.273 e. The number of nitrogens with zero attached hydrogens (tertiary/aromatic N) is 3. The SMILES string of the molecule is [2H]c1c([2H])c([2H])c(N2c3cc([Si](C)(C)C)ccc3B3c4c2cccc4N(c2c([2H])c([2H])c([2H])c([2H])c2[2H])c2c3n(-c3ccccc3)c3c2oc2ccccc23)c([2H])c1[2H]. The first-order chi connectivity index (χ1) is 28.1. The van der Waals surface area contributed by atoms with Crippen LogP contribution in [0.15, 0.2) is 156 Å². The zero-order chi connectivity index (χ0) is 41.6. The first-order valence-electron chi connectivity index (χ1n) is 21.3. The van der Waals surface area contributed by atoms with E-state index in [0.29, 0.717) is 45.0 Å². The van der Waals surface area contributed by atoms with Gasteiger partial charge < -0.3 is 18.8 Å². The van der Waals surface area contributed by atoms with Gasteiger partial charge in [-0.25, -0.2) is 0 Å². The number of aromatic nitrogens is 1. The molecule has 4 heterocycles. The first-order valence-corrected chi connectivity index (χ1v) is 19.8. The van der Waals surface area contributed by atoms with E-state index < -0.39 is 63.1 Å². The fourth-order valence-corrected chi connectivity index (χ4v) is 8.79. The van der Waals surface area contributed by atoms with Crippen molar-refractivity contribution >= 4 is 92.7 Å². The van der Waals surface area contributed by atoms with E-state index in [0.717, 1.165) is 27.2 Å². The Morgan fingerprint density at radius 3 is 2.00 bits per heavy atom. The van der Waals surface area contributed by atoms with Crippen molar-refractivity contribution in [1.29, 1.82) is 0 Å². The zero-order valence-corrected chi connectivity index (χ0v) is 28.0. The highest BCUT2D eigenvalue weighted by Crippen LogP contribution is 2.48. The molecule has 0 N–H and O–H groups in total. The molecular weight excluding hydrogens is 613 g/mol. The number of benzene rings is 6. The third kappa shape index (κ3) is 4.04. The second kappa shape index (κ2) is 10.4. The van der Waals surface area contributed by atoms with E-state index in [2.05, 4.69) is 42.4 Å². The number of furan rings is 1. The van der Waals surface area contributed by atoms with Gasteiger partial charge in [-0.15, -0.1) is 0 Å².